The molecular weight excluding hydrogens is 471 g/mol. The van der Waals surface area contributed by atoms with Crippen LogP contribution in [0.1, 0.15) is 18.1 Å². The first-order chi connectivity index (χ1) is 13.8. The van der Waals surface area contributed by atoms with Gasteiger partial charge in [0, 0.05) is 4.43 Å². The second-order valence-electron chi connectivity index (χ2n) is 7.40. The lowest BCUT2D eigenvalue weighted by molar-refractivity contribution is 0.245. The molecule has 0 spiro atoms. The van der Waals surface area contributed by atoms with E-state index >= 15 is 0 Å². The first-order valence-corrected chi connectivity index (χ1v) is 13.5. The van der Waals surface area contributed by atoms with Crippen LogP contribution in [-0.4, -0.2) is 12.7 Å². The molecule has 0 saturated carbocycles. The Kier molecular flexibility index (Phi) is 6.45. The molecule has 28 heavy (non-hydrogen) atoms. The lowest BCUT2D eigenvalue weighted by atomic mass is 10.1. The van der Waals surface area contributed by atoms with Gasteiger partial charge in [-0.3, -0.25) is 0 Å². The van der Waals surface area contributed by atoms with Gasteiger partial charge in [-0.1, -0.05) is 126 Å². The Labute approximate surface area is 182 Å². The number of benzene rings is 3. The van der Waals surface area contributed by atoms with Crippen molar-refractivity contribution in [1.29, 1.82) is 0 Å². The van der Waals surface area contributed by atoms with Gasteiger partial charge in [0.05, 0.1) is 6.10 Å². The summed E-state index contributed by atoms with van der Waals surface area (Å²) in [6.45, 7) is 0. The maximum atomic E-state index is 7.22. The third-order valence-corrected chi connectivity index (χ3v) is 11.1. The molecule has 1 aliphatic heterocycles. The Bertz CT molecular complexity index is 856. The van der Waals surface area contributed by atoms with Crippen LogP contribution in [-0.2, 0) is 4.43 Å². The minimum absolute atomic E-state index is 0.0107. The fraction of sp³-hybridized carbons (Fsp3) is 0.200. The topological polar surface area (TPSA) is 9.23 Å². The van der Waals surface area contributed by atoms with Gasteiger partial charge in [-0.25, -0.2) is 0 Å². The Balaban J connectivity index is 1.88. The van der Waals surface area contributed by atoms with Gasteiger partial charge in [-0.05, 0) is 34.3 Å². The van der Waals surface area contributed by atoms with Crippen LogP contribution in [0, 0.1) is 5.92 Å². The Morgan fingerprint density at radius 1 is 0.786 bits per heavy atom. The van der Waals surface area contributed by atoms with Gasteiger partial charge < -0.3 is 4.43 Å². The fourth-order valence-electron chi connectivity index (χ4n) is 4.08. The molecule has 142 valence electrons. The first-order valence-electron chi connectivity index (χ1n) is 9.88. The van der Waals surface area contributed by atoms with Crippen molar-refractivity contribution in [2.75, 3.05) is 4.43 Å². The molecule has 2 atom stereocenters. The molecule has 1 heterocycles. The second kappa shape index (κ2) is 9.20. The summed E-state index contributed by atoms with van der Waals surface area (Å²) >= 11 is 2.54. The summed E-state index contributed by atoms with van der Waals surface area (Å²) in [4.78, 5) is 0. The van der Waals surface area contributed by atoms with Crippen molar-refractivity contribution < 1.29 is 4.43 Å². The van der Waals surface area contributed by atoms with Crippen LogP contribution in [0.5, 0.6) is 0 Å². The molecule has 0 amide bonds. The average Bonchev–Trinajstić information content (AvgIpc) is 2.76. The number of allylic oxidation sites excluding steroid dienone is 1. The van der Waals surface area contributed by atoms with Crippen molar-refractivity contribution >= 4 is 41.3 Å². The summed E-state index contributed by atoms with van der Waals surface area (Å²) in [5.74, 6) is 0.626. The molecule has 0 aliphatic carbocycles. The third-order valence-electron chi connectivity index (χ3n) is 5.51. The van der Waals surface area contributed by atoms with E-state index in [4.69, 9.17) is 4.43 Å². The zero-order chi connectivity index (χ0) is 19.2. The number of halogens is 1. The highest BCUT2D eigenvalue weighted by Gasteiger charge is 2.43. The van der Waals surface area contributed by atoms with E-state index in [2.05, 4.69) is 126 Å². The predicted octanol–water partition coefficient (Wildman–Crippen LogP) is 5.52. The van der Waals surface area contributed by atoms with E-state index in [9.17, 15) is 0 Å². The predicted molar refractivity (Wildman–Crippen MR) is 129 cm³/mol. The Morgan fingerprint density at radius 2 is 1.32 bits per heavy atom. The highest BCUT2D eigenvalue weighted by Crippen LogP contribution is 2.32. The molecule has 0 N–H and O–H groups in total. The minimum atomic E-state index is -2.40. The van der Waals surface area contributed by atoms with Gasteiger partial charge in [0.2, 0.25) is 0 Å². The third kappa shape index (κ3) is 4.16. The normalized spacial score (nSPS) is 22.8. The lowest BCUT2D eigenvalue weighted by Crippen LogP contribution is -2.62. The van der Waals surface area contributed by atoms with Gasteiger partial charge in [0.15, 0.2) is 0 Å². The molecule has 0 aromatic heterocycles. The molecule has 3 aromatic carbocycles. The molecule has 0 radical (unpaired) electrons. The van der Waals surface area contributed by atoms with E-state index in [-0.39, 0.29) is 6.10 Å². The van der Waals surface area contributed by atoms with E-state index < -0.39 is 8.32 Å². The number of hydrogen-bond acceptors (Lipinski definition) is 1. The summed E-state index contributed by atoms with van der Waals surface area (Å²) in [7, 11) is -2.40. The molecule has 3 aromatic rings. The largest absolute Gasteiger partial charge is 0.398 e. The lowest BCUT2D eigenvalue weighted by Gasteiger charge is -2.39. The van der Waals surface area contributed by atoms with Gasteiger partial charge in [0.1, 0.15) is 0 Å². The quantitative estimate of drug-likeness (QED) is 0.200. The Morgan fingerprint density at radius 3 is 1.86 bits per heavy atom. The monoisotopic (exact) mass is 496 g/mol. The van der Waals surface area contributed by atoms with Gasteiger partial charge in [-0.15, -0.1) is 0 Å². The Hall–Kier alpha value is -1.69. The SMILES string of the molecule is ICC1C/C=C\C(c2ccccc2)O[Si](c2ccccc2)(c2ccccc2)C1. The van der Waals surface area contributed by atoms with E-state index in [1.165, 1.54) is 15.9 Å². The molecule has 0 fully saturated rings. The molecule has 1 aliphatic rings. The summed E-state index contributed by atoms with van der Waals surface area (Å²) in [6.07, 6.45) is 5.71. The highest BCUT2D eigenvalue weighted by molar-refractivity contribution is 14.1. The maximum absolute atomic E-state index is 7.22. The second-order valence-corrected chi connectivity index (χ2v) is 11.7. The maximum Gasteiger partial charge on any atom is 0.257 e. The van der Waals surface area contributed by atoms with Crippen LogP contribution in [0.3, 0.4) is 0 Å². The fourth-order valence-corrected chi connectivity index (χ4v) is 9.75. The smallest absolute Gasteiger partial charge is 0.257 e. The summed E-state index contributed by atoms with van der Waals surface area (Å²) < 4.78 is 8.37. The van der Waals surface area contributed by atoms with E-state index in [1.54, 1.807) is 0 Å². The van der Waals surface area contributed by atoms with Crippen molar-refractivity contribution in [2.24, 2.45) is 5.92 Å². The van der Waals surface area contributed by atoms with E-state index in [1.807, 2.05) is 0 Å². The van der Waals surface area contributed by atoms with Crippen molar-refractivity contribution in [2.45, 2.75) is 18.6 Å². The van der Waals surface area contributed by atoms with Crippen LogP contribution in [0.4, 0.5) is 0 Å². The van der Waals surface area contributed by atoms with Crippen molar-refractivity contribution in [1.82, 2.24) is 0 Å². The van der Waals surface area contributed by atoms with Crippen LogP contribution >= 0.6 is 22.6 Å². The zero-order valence-electron chi connectivity index (χ0n) is 15.9. The summed E-state index contributed by atoms with van der Waals surface area (Å²) in [5, 5.41) is 2.74. The standard InChI is InChI=1S/C25H25IOSi/c26-19-21-11-10-18-25(22-12-4-1-5-13-22)27-28(20-21,23-14-6-2-7-15-23)24-16-8-3-9-17-24/h1-10,12-18,21,25H,11,19-20H2/b18-10-. The summed E-state index contributed by atoms with van der Waals surface area (Å²) in [5.41, 5.74) is 1.23. The van der Waals surface area contributed by atoms with Gasteiger partial charge in [0.25, 0.3) is 8.32 Å². The molecular formula is C25H25IOSi. The number of alkyl halides is 1. The zero-order valence-corrected chi connectivity index (χ0v) is 19.0. The molecule has 4 rings (SSSR count). The van der Waals surface area contributed by atoms with Crippen molar-refractivity contribution in [3.8, 4) is 0 Å². The molecule has 0 bridgehead atoms. The van der Waals surface area contributed by atoms with Crippen LogP contribution in [0.2, 0.25) is 6.04 Å². The summed E-state index contributed by atoms with van der Waals surface area (Å²) in [6, 6.07) is 33.7. The number of hydrogen-bond donors (Lipinski definition) is 0. The van der Waals surface area contributed by atoms with Gasteiger partial charge >= 0.3 is 0 Å². The van der Waals surface area contributed by atoms with Crippen LogP contribution < -0.4 is 10.4 Å². The van der Waals surface area contributed by atoms with E-state index in [0.717, 1.165) is 16.9 Å². The van der Waals surface area contributed by atoms with Crippen LogP contribution in [0.25, 0.3) is 0 Å². The number of rotatable bonds is 4. The van der Waals surface area contributed by atoms with Crippen molar-refractivity contribution in [3.05, 3.63) is 109 Å². The molecule has 3 heteroatoms. The minimum Gasteiger partial charge on any atom is -0.398 e. The average molecular weight is 496 g/mol. The first kappa shape index (κ1) is 19.6. The highest BCUT2D eigenvalue weighted by atomic mass is 127. The molecule has 2 unspecified atom stereocenters. The molecule has 1 nitrogen and oxygen atoms in total. The van der Waals surface area contributed by atoms with E-state index in [0.29, 0.717) is 5.92 Å². The van der Waals surface area contributed by atoms with Gasteiger partial charge in [-0.2, -0.15) is 0 Å². The van der Waals surface area contributed by atoms with Crippen LogP contribution in [0.15, 0.2) is 103 Å². The molecule has 0 saturated heterocycles. The van der Waals surface area contributed by atoms with Crippen molar-refractivity contribution in [3.63, 3.8) is 0 Å².